The van der Waals surface area contributed by atoms with Gasteiger partial charge in [-0.05, 0) is 19.6 Å². The van der Waals surface area contributed by atoms with E-state index in [0.29, 0.717) is 38.7 Å². The quantitative estimate of drug-likeness (QED) is 0.349. The molecule has 0 aromatic rings. The van der Waals surface area contributed by atoms with Crippen molar-refractivity contribution in [3.05, 3.63) is 0 Å². The fourth-order valence-corrected chi connectivity index (χ4v) is 2.09. The van der Waals surface area contributed by atoms with E-state index in [4.69, 9.17) is 18.9 Å². The topological polar surface area (TPSA) is 95.1 Å². The van der Waals surface area contributed by atoms with Crippen molar-refractivity contribution < 1.29 is 32.9 Å². The molecule has 0 aromatic carbocycles. The lowest BCUT2D eigenvalue weighted by molar-refractivity contribution is -0.127. The summed E-state index contributed by atoms with van der Waals surface area (Å²) in [6.07, 6.45) is -1.22. The Balaban J connectivity index is 3.29. The SMILES string of the molecule is CCSC(=O)NCC(F)COCCOCCOCCNC(=O)COC(C)C. The minimum atomic E-state index is -1.24. The van der Waals surface area contributed by atoms with Crippen molar-refractivity contribution in [2.24, 2.45) is 0 Å². The van der Waals surface area contributed by atoms with Crippen molar-refractivity contribution in [1.82, 2.24) is 10.6 Å². The van der Waals surface area contributed by atoms with Gasteiger partial charge in [-0.25, -0.2) is 4.39 Å². The minimum absolute atomic E-state index is 0.0229. The molecule has 0 bridgehead atoms. The van der Waals surface area contributed by atoms with Crippen molar-refractivity contribution >= 4 is 22.9 Å². The van der Waals surface area contributed by atoms with Gasteiger partial charge in [-0.2, -0.15) is 0 Å². The Morgan fingerprint density at radius 3 is 2.26 bits per heavy atom. The molecule has 1 atom stereocenters. The molecule has 8 nitrogen and oxygen atoms in total. The van der Waals surface area contributed by atoms with Gasteiger partial charge in [0.1, 0.15) is 12.8 Å². The van der Waals surface area contributed by atoms with Crippen LogP contribution in [-0.4, -0.2) is 88.5 Å². The third-order valence-corrected chi connectivity index (χ3v) is 3.60. The highest BCUT2D eigenvalue weighted by Gasteiger charge is 2.08. The number of alkyl halides is 1. The third-order valence-electron chi connectivity index (χ3n) is 2.90. The lowest BCUT2D eigenvalue weighted by Crippen LogP contribution is -2.31. The highest BCUT2D eigenvalue weighted by molar-refractivity contribution is 8.13. The maximum Gasteiger partial charge on any atom is 0.279 e. The first-order valence-electron chi connectivity index (χ1n) is 9.11. The summed E-state index contributed by atoms with van der Waals surface area (Å²) in [6.45, 7) is 7.67. The molecule has 0 rings (SSSR count). The van der Waals surface area contributed by atoms with Crippen LogP contribution in [0.5, 0.6) is 0 Å². The smallest absolute Gasteiger partial charge is 0.279 e. The second-order valence-electron chi connectivity index (χ2n) is 5.71. The number of carbonyl (C=O) groups excluding carboxylic acids is 2. The Bertz CT molecular complexity index is 390. The summed E-state index contributed by atoms with van der Waals surface area (Å²) in [4.78, 5) is 22.5. The van der Waals surface area contributed by atoms with Gasteiger partial charge in [0.05, 0.1) is 52.3 Å². The largest absolute Gasteiger partial charge is 0.377 e. The van der Waals surface area contributed by atoms with Gasteiger partial charge < -0.3 is 29.6 Å². The first-order valence-corrected chi connectivity index (χ1v) is 10.1. The van der Waals surface area contributed by atoms with Crippen LogP contribution in [-0.2, 0) is 23.7 Å². The van der Waals surface area contributed by atoms with Gasteiger partial charge in [0.2, 0.25) is 5.91 Å². The molecule has 160 valence electrons. The molecule has 0 aromatic heterocycles. The number of rotatable bonds is 17. The maximum absolute atomic E-state index is 13.4. The van der Waals surface area contributed by atoms with Gasteiger partial charge in [-0.15, -0.1) is 0 Å². The number of hydrogen-bond donors (Lipinski definition) is 2. The number of halogens is 1. The summed E-state index contributed by atoms with van der Waals surface area (Å²) in [6, 6.07) is 0. The van der Waals surface area contributed by atoms with Crippen molar-refractivity contribution in [3.63, 3.8) is 0 Å². The van der Waals surface area contributed by atoms with Gasteiger partial charge >= 0.3 is 0 Å². The molecule has 0 aliphatic rings. The van der Waals surface area contributed by atoms with Gasteiger partial charge in [0, 0.05) is 6.54 Å². The second kappa shape index (κ2) is 18.4. The van der Waals surface area contributed by atoms with E-state index in [-0.39, 0.29) is 43.6 Å². The van der Waals surface area contributed by atoms with Crippen molar-refractivity contribution in [3.8, 4) is 0 Å². The number of ether oxygens (including phenoxy) is 4. The highest BCUT2D eigenvalue weighted by atomic mass is 32.2. The molecule has 0 radical (unpaired) electrons. The zero-order valence-electron chi connectivity index (χ0n) is 16.5. The minimum Gasteiger partial charge on any atom is -0.377 e. The Morgan fingerprint density at radius 2 is 1.63 bits per heavy atom. The Labute approximate surface area is 165 Å². The lowest BCUT2D eigenvalue weighted by atomic mass is 10.4. The summed E-state index contributed by atoms with van der Waals surface area (Å²) in [5.41, 5.74) is 0. The molecular formula is C17H33FN2O6S. The Kier molecular flexibility index (Phi) is 17.8. The molecule has 0 saturated heterocycles. The number of thioether (sulfide) groups is 1. The van der Waals surface area contributed by atoms with E-state index in [2.05, 4.69) is 10.6 Å². The van der Waals surface area contributed by atoms with Crippen LogP contribution in [0.3, 0.4) is 0 Å². The summed E-state index contributed by atoms with van der Waals surface area (Å²) >= 11 is 1.11. The van der Waals surface area contributed by atoms with E-state index in [1.165, 1.54) is 0 Å². The number of hydrogen-bond acceptors (Lipinski definition) is 7. The highest BCUT2D eigenvalue weighted by Crippen LogP contribution is 2.00. The maximum atomic E-state index is 13.4. The molecule has 0 aliphatic heterocycles. The van der Waals surface area contributed by atoms with Gasteiger partial charge in [0.15, 0.2) is 0 Å². The van der Waals surface area contributed by atoms with E-state index >= 15 is 0 Å². The van der Waals surface area contributed by atoms with Crippen molar-refractivity contribution in [2.45, 2.75) is 33.0 Å². The first kappa shape index (κ1) is 26.1. The van der Waals surface area contributed by atoms with Crippen molar-refractivity contribution in [1.29, 1.82) is 0 Å². The number of amides is 2. The Morgan fingerprint density at radius 1 is 1.00 bits per heavy atom. The summed E-state index contributed by atoms with van der Waals surface area (Å²) < 4.78 is 34.3. The molecule has 2 amide bonds. The van der Waals surface area contributed by atoms with E-state index in [1.54, 1.807) is 0 Å². The van der Waals surface area contributed by atoms with E-state index in [9.17, 15) is 14.0 Å². The van der Waals surface area contributed by atoms with Gasteiger partial charge in [0.25, 0.3) is 5.24 Å². The predicted molar refractivity (Wildman–Crippen MR) is 103 cm³/mol. The molecule has 10 heteroatoms. The molecule has 1 unspecified atom stereocenters. The van der Waals surface area contributed by atoms with Gasteiger partial charge in [-0.3, -0.25) is 9.59 Å². The van der Waals surface area contributed by atoms with Crippen LogP contribution in [0.2, 0.25) is 0 Å². The molecular weight excluding hydrogens is 379 g/mol. The van der Waals surface area contributed by atoms with Crippen LogP contribution in [0.4, 0.5) is 9.18 Å². The monoisotopic (exact) mass is 412 g/mol. The molecule has 0 aliphatic carbocycles. The van der Waals surface area contributed by atoms with Crippen LogP contribution in [0.15, 0.2) is 0 Å². The molecule has 0 saturated carbocycles. The predicted octanol–water partition coefficient (Wildman–Crippen LogP) is 1.38. The van der Waals surface area contributed by atoms with Crippen LogP contribution in [0, 0.1) is 0 Å². The Hall–Kier alpha value is -0.940. The molecule has 0 heterocycles. The van der Waals surface area contributed by atoms with Crippen LogP contribution < -0.4 is 10.6 Å². The second-order valence-corrected chi connectivity index (χ2v) is 6.94. The number of nitrogens with one attached hydrogen (secondary N) is 2. The third kappa shape index (κ3) is 19.6. The molecule has 27 heavy (non-hydrogen) atoms. The summed E-state index contributed by atoms with van der Waals surface area (Å²) in [5.74, 6) is 0.484. The van der Waals surface area contributed by atoms with Crippen molar-refractivity contribution in [2.75, 3.05) is 65.1 Å². The van der Waals surface area contributed by atoms with E-state index in [0.717, 1.165) is 11.8 Å². The number of carbonyl (C=O) groups is 2. The lowest BCUT2D eigenvalue weighted by Gasteiger charge is -2.11. The standard InChI is InChI=1S/C17H33FN2O6S/c1-4-27-17(22)20-11-15(18)12-25-10-9-24-8-7-23-6-5-19-16(21)13-26-14(2)3/h14-15H,4-13H2,1-3H3,(H,19,21)(H,20,22). The van der Waals surface area contributed by atoms with E-state index in [1.807, 2.05) is 20.8 Å². The van der Waals surface area contributed by atoms with Crippen LogP contribution in [0.1, 0.15) is 20.8 Å². The van der Waals surface area contributed by atoms with Crippen LogP contribution >= 0.6 is 11.8 Å². The molecule has 0 spiro atoms. The van der Waals surface area contributed by atoms with Crippen LogP contribution in [0.25, 0.3) is 0 Å². The average Bonchev–Trinajstić information content (AvgIpc) is 2.63. The van der Waals surface area contributed by atoms with E-state index < -0.39 is 6.17 Å². The fourth-order valence-electron chi connectivity index (χ4n) is 1.64. The van der Waals surface area contributed by atoms with Gasteiger partial charge in [-0.1, -0.05) is 18.7 Å². The summed E-state index contributed by atoms with van der Waals surface area (Å²) in [7, 11) is 0. The summed E-state index contributed by atoms with van der Waals surface area (Å²) in [5, 5.41) is 4.92. The zero-order valence-corrected chi connectivity index (χ0v) is 17.3. The molecule has 0 fully saturated rings. The average molecular weight is 413 g/mol. The normalized spacial score (nSPS) is 12.2. The first-order chi connectivity index (χ1) is 13.0. The molecule has 2 N–H and O–H groups in total. The zero-order chi connectivity index (χ0) is 20.3. The fraction of sp³-hybridized carbons (Fsp3) is 0.882.